The van der Waals surface area contributed by atoms with Gasteiger partial charge in [0.15, 0.2) is 0 Å². The van der Waals surface area contributed by atoms with E-state index in [1.807, 2.05) is 18.2 Å². The smallest absolute Gasteiger partial charge is 0.301 e. The molecule has 0 N–H and O–H groups in total. The van der Waals surface area contributed by atoms with Crippen LogP contribution in [0.25, 0.3) is 0 Å². The molecule has 100 valence electrons. The topological polar surface area (TPSA) is 0 Å². The molecule has 0 bridgehead atoms. The zero-order valence-electron chi connectivity index (χ0n) is 12.8. The first-order chi connectivity index (χ1) is 10.4. The third-order valence-corrected chi connectivity index (χ3v) is 4.15. The van der Waals surface area contributed by atoms with Gasteiger partial charge in [-0.25, -0.2) is 0 Å². The van der Waals surface area contributed by atoms with Crippen molar-refractivity contribution in [1.82, 2.24) is 0 Å². The van der Waals surface area contributed by atoms with Crippen LogP contribution in [0, 0.1) is 12.2 Å². The van der Waals surface area contributed by atoms with Crippen molar-refractivity contribution in [3.63, 3.8) is 0 Å². The Kier molecular flexibility index (Phi) is 6.26. The molecule has 0 nitrogen and oxygen atoms in total. The maximum Gasteiger partial charge on any atom is 1.00 e. The van der Waals surface area contributed by atoms with Crippen molar-refractivity contribution in [2.24, 2.45) is 0 Å². The van der Waals surface area contributed by atoms with E-state index in [9.17, 15) is 0 Å². The molecule has 3 rings (SSSR count). The van der Waals surface area contributed by atoms with Gasteiger partial charge >= 0.3 is 51.4 Å². The second kappa shape index (κ2) is 7.97. The van der Waals surface area contributed by atoms with E-state index in [1.54, 1.807) is 0 Å². The van der Waals surface area contributed by atoms with Gasteiger partial charge in [0.25, 0.3) is 0 Å². The molecule has 0 heterocycles. The van der Waals surface area contributed by atoms with Crippen molar-refractivity contribution in [1.29, 1.82) is 0 Å². The summed E-state index contributed by atoms with van der Waals surface area (Å²) >= 11 is 0. The molecule has 0 spiro atoms. The van der Waals surface area contributed by atoms with Crippen LogP contribution in [-0.4, -0.2) is 6.15 Å². The minimum Gasteiger partial charge on any atom is -0.301 e. The number of benzene rings is 3. The molecule has 0 aliphatic heterocycles. The van der Waals surface area contributed by atoms with E-state index in [4.69, 9.17) is 6.42 Å². The minimum atomic E-state index is -1.37. The first-order valence-corrected chi connectivity index (χ1v) is 7.18. The normalized spacial score (nSPS) is 10.3. The zero-order chi connectivity index (χ0) is 14.5. The molecule has 0 unspecified atom stereocenters. The Morgan fingerprint density at radius 1 is 0.545 bits per heavy atom. The van der Waals surface area contributed by atoms with Crippen molar-refractivity contribution in [3.05, 3.63) is 91.0 Å². The van der Waals surface area contributed by atoms with Gasteiger partial charge in [-0.3, -0.25) is 0 Å². The SMILES string of the molecule is C#C[B-](c1ccccc1)(c1ccccc1)c1ccccc1.[K+]. The van der Waals surface area contributed by atoms with Gasteiger partial charge in [-0.1, -0.05) is 91.0 Å². The average Bonchev–Trinajstić information content (AvgIpc) is 2.59. The largest absolute Gasteiger partial charge is 1.00 e. The third-order valence-electron chi connectivity index (χ3n) is 4.15. The predicted octanol–water partition coefficient (Wildman–Crippen LogP) is -0.667. The summed E-state index contributed by atoms with van der Waals surface area (Å²) in [6.45, 7) is 0. The Balaban J connectivity index is 0.00000176. The van der Waals surface area contributed by atoms with Crippen LogP contribution in [-0.2, 0) is 0 Å². The maximum atomic E-state index is 6.08. The summed E-state index contributed by atoms with van der Waals surface area (Å²) in [5, 5.41) is 0. The molecule has 0 saturated carbocycles. The fourth-order valence-corrected chi connectivity index (χ4v) is 3.09. The molecule has 0 saturated heterocycles. The van der Waals surface area contributed by atoms with E-state index in [-0.39, 0.29) is 51.4 Å². The first-order valence-electron chi connectivity index (χ1n) is 7.18. The molecule has 0 aliphatic rings. The van der Waals surface area contributed by atoms with Crippen molar-refractivity contribution < 1.29 is 51.4 Å². The van der Waals surface area contributed by atoms with Crippen LogP contribution in [0.5, 0.6) is 0 Å². The monoisotopic (exact) mass is 306 g/mol. The van der Waals surface area contributed by atoms with Gasteiger partial charge in [0, 0.05) is 0 Å². The van der Waals surface area contributed by atoms with E-state index < -0.39 is 6.15 Å². The Hall–Kier alpha value is -1.08. The summed E-state index contributed by atoms with van der Waals surface area (Å²) in [6, 6.07) is 31.1. The van der Waals surface area contributed by atoms with Crippen LogP contribution < -0.4 is 67.8 Å². The van der Waals surface area contributed by atoms with Gasteiger partial charge in [0.1, 0.15) is 6.15 Å². The second-order valence-corrected chi connectivity index (χ2v) is 5.26. The molecule has 0 aliphatic carbocycles. The van der Waals surface area contributed by atoms with Crippen LogP contribution in [0.15, 0.2) is 91.0 Å². The predicted molar refractivity (Wildman–Crippen MR) is 92.8 cm³/mol. The van der Waals surface area contributed by atoms with E-state index >= 15 is 0 Å². The quantitative estimate of drug-likeness (QED) is 0.445. The molecule has 0 radical (unpaired) electrons. The van der Waals surface area contributed by atoms with Crippen LogP contribution in [0.2, 0.25) is 0 Å². The number of hydrogen-bond acceptors (Lipinski definition) is 0. The molecule has 3 aromatic carbocycles. The van der Waals surface area contributed by atoms with Crippen LogP contribution >= 0.6 is 0 Å². The summed E-state index contributed by atoms with van der Waals surface area (Å²) in [6.07, 6.45) is 4.71. The Morgan fingerprint density at radius 3 is 1.05 bits per heavy atom. The van der Waals surface area contributed by atoms with E-state index in [1.165, 1.54) is 16.4 Å². The van der Waals surface area contributed by atoms with Crippen molar-refractivity contribution >= 4 is 22.5 Å². The Bertz CT molecular complexity index is 649. The molecule has 3 aromatic rings. The van der Waals surface area contributed by atoms with E-state index in [0.717, 1.165) is 0 Å². The van der Waals surface area contributed by atoms with E-state index in [2.05, 4.69) is 78.6 Å². The number of terminal acetylenes is 1. The molecule has 0 aromatic heterocycles. The molecular formula is C20H16BK. The summed E-state index contributed by atoms with van der Waals surface area (Å²) in [4.78, 5) is 0. The van der Waals surface area contributed by atoms with Gasteiger partial charge in [0.05, 0.1) is 0 Å². The zero-order valence-corrected chi connectivity index (χ0v) is 15.9. The molecule has 0 amide bonds. The van der Waals surface area contributed by atoms with Crippen LogP contribution in [0.1, 0.15) is 0 Å². The summed E-state index contributed by atoms with van der Waals surface area (Å²) in [7, 11) is 0. The first kappa shape index (κ1) is 17.3. The van der Waals surface area contributed by atoms with Gasteiger partial charge in [0.2, 0.25) is 0 Å². The molecule has 0 atom stereocenters. The van der Waals surface area contributed by atoms with E-state index in [0.29, 0.717) is 0 Å². The molecule has 2 heteroatoms. The number of hydrogen-bond donors (Lipinski definition) is 0. The fourth-order valence-electron chi connectivity index (χ4n) is 3.09. The number of rotatable bonds is 3. The average molecular weight is 306 g/mol. The van der Waals surface area contributed by atoms with Gasteiger partial charge < -0.3 is 5.82 Å². The second-order valence-electron chi connectivity index (χ2n) is 5.26. The van der Waals surface area contributed by atoms with Gasteiger partial charge in [-0.15, -0.1) is 0 Å². The molecular weight excluding hydrogens is 290 g/mol. The summed E-state index contributed by atoms with van der Waals surface area (Å²) in [5.74, 6) is 3.13. The Morgan fingerprint density at radius 2 is 0.818 bits per heavy atom. The minimum absolute atomic E-state index is 0. The maximum absolute atomic E-state index is 6.08. The Labute approximate surface area is 175 Å². The standard InChI is InChI=1S/C20H16B.K/c1-2-21(18-12-6-3-7-13-18,19-14-8-4-9-15-19)20-16-10-5-11-17-20;/h1,3-17H;/q-1;+1. The summed E-state index contributed by atoms with van der Waals surface area (Å²) in [5.41, 5.74) is 3.53. The van der Waals surface area contributed by atoms with Crippen LogP contribution in [0.3, 0.4) is 0 Å². The van der Waals surface area contributed by atoms with Crippen molar-refractivity contribution in [2.75, 3.05) is 0 Å². The molecule has 0 fully saturated rings. The summed E-state index contributed by atoms with van der Waals surface area (Å²) < 4.78 is 0. The third kappa shape index (κ3) is 3.15. The van der Waals surface area contributed by atoms with Gasteiger partial charge in [-0.2, -0.15) is 22.8 Å². The fraction of sp³-hybridized carbons (Fsp3) is 0. The van der Waals surface area contributed by atoms with Crippen molar-refractivity contribution in [2.45, 2.75) is 0 Å². The molecule has 22 heavy (non-hydrogen) atoms. The van der Waals surface area contributed by atoms with Crippen LogP contribution in [0.4, 0.5) is 0 Å². The van der Waals surface area contributed by atoms with Crippen molar-refractivity contribution in [3.8, 4) is 12.2 Å². The van der Waals surface area contributed by atoms with Gasteiger partial charge in [-0.05, 0) is 0 Å².